The maximum absolute atomic E-state index is 13.0. The molecule has 2 atom stereocenters. The molecule has 1 N–H and O–H groups in total. The number of fused-ring (bicyclic) bond motifs is 1. The van der Waals surface area contributed by atoms with Crippen molar-refractivity contribution in [3.05, 3.63) is 48.8 Å². The molecule has 1 amide bonds. The summed E-state index contributed by atoms with van der Waals surface area (Å²) in [6, 6.07) is 7.80. The van der Waals surface area contributed by atoms with E-state index >= 15 is 0 Å². The molecule has 3 aromatic rings. The maximum Gasteiger partial charge on any atom is 0.232 e. The van der Waals surface area contributed by atoms with Gasteiger partial charge in [0.15, 0.2) is 5.13 Å². The minimum atomic E-state index is -1.01. The molecule has 1 fully saturated rings. The van der Waals surface area contributed by atoms with Crippen LogP contribution in [0, 0.1) is 5.92 Å². The third-order valence-corrected chi connectivity index (χ3v) is 4.99. The fourth-order valence-corrected chi connectivity index (χ4v) is 3.51. The number of amides is 1. The number of thiazole rings is 1. The summed E-state index contributed by atoms with van der Waals surface area (Å²) in [5, 5.41) is 3.21. The molecule has 2 unspecified atom stereocenters. The van der Waals surface area contributed by atoms with E-state index in [4.69, 9.17) is 0 Å². The van der Waals surface area contributed by atoms with Gasteiger partial charge in [0.25, 0.3) is 0 Å². The molecule has 2 heterocycles. The molecule has 1 aliphatic rings. The molecule has 1 aliphatic carbocycles. The smallest absolute Gasteiger partial charge is 0.232 e. The largest absolute Gasteiger partial charge is 0.302 e. The van der Waals surface area contributed by atoms with Crippen LogP contribution in [0.15, 0.2) is 43.2 Å². The fraction of sp³-hybridized carbons (Fsp3) is 0.167. The maximum atomic E-state index is 13.0. The van der Waals surface area contributed by atoms with Gasteiger partial charge >= 0.3 is 0 Å². The van der Waals surface area contributed by atoms with Crippen molar-refractivity contribution in [2.75, 3.05) is 5.32 Å². The molecular formula is C18H14FN3OS. The number of nitrogens with zero attached hydrogens (tertiary/aromatic N) is 2. The highest BCUT2D eigenvalue weighted by Crippen LogP contribution is 2.36. The second-order valence-corrected chi connectivity index (χ2v) is 6.75. The van der Waals surface area contributed by atoms with Gasteiger partial charge in [-0.1, -0.05) is 30.1 Å². The lowest BCUT2D eigenvalue weighted by Crippen LogP contribution is -2.14. The number of halogens is 1. The quantitative estimate of drug-likeness (QED) is 0.771. The van der Waals surface area contributed by atoms with Crippen LogP contribution in [0.1, 0.15) is 12.0 Å². The molecule has 0 bridgehead atoms. The Morgan fingerprint density at radius 2 is 2.25 bits per heavy atom. The van der Waals surface area contributed by atoms with Crippen LogP contribution in [0.4, 0.5) is 9.52 Å². The molecular weight excluding hydrogens is 325 g/mol. The molecule has 0 spiro atoms. The number of aromatic nitrogens is 2. The second-order valence-electron chi connectivity index (χ2n) is 5.72. The number of nitrogens with one attached hydrogen (secondary N) is 1. The monoisotopic (exact) mass is 339 g/mol. The molecule has 4 rings (SSSR count). The van der Waals surface area contributed by atoms with E-state index < -0.39 is 12.1 Å². The van der Waals surface area contributed by atoms with Crippen molar-refractivity contribution in [2.45, 2.75) is 12.6 Å². The highest BCUT2D eigenvalue weighted by molar-refractivity contribution is 7.22. The number of benzene rings is 1. The number of anilines is 1. The van der Waals surface area contributed by atoms with E-state index in [0.717, 1.165) is 26.9 Å². The summed E-state index contributed by atoms with van der Waals surface area (Å²) < 4.78 is 13.9. The minimum absolute atomic E-state index is 0.289. The van der Waals surface area contributed by atoms with Gasteiger partial charge in [0.2, 0.25) is 5.91 Å². The molecule has 0 radical (unpaired) electrons. The van der Waals surface area contributed by atoms with Crippen LogP contribution in [0.2, 0.25) is 0 Å². The van der Waals surface area contributed by atoms with Gasteiger partial charge in [0, 0.05) is 18.0 Å². The van der Waals surface area contributed by atoms with Gasteiger partial charge in [-0.05, 0) is 35.7 Å². The molecule has 4 nitrogen and oxygen atoms in total. The molecule has 0 saturated heterocycles. The first kappa shape index (κ1) is 15.0. The number of alkyl halides is 1. The first-order valence-corrected chi connectivity index (χ1v) is 8.39. The van der Waals surface area contributed by atoms with Crippen molar-refractivity contribution in [3.63, 3.8) is 0 Å². The summed E-state index contributed by atoms with van der Waals surface area (Å²) in [5.74, 6) is -0.805. The predicted octanol–water partition coefficient (Wildman–Crippen LogP) is 4.30. The van der Waals surface area contributed by atoms with Gasteiger partial charge in [0.1, 0.15) is 6.17 Å². The van der Waals surface area contributed by atoms with E-state index in [1.807, 2.05) is 24.3 Å². The molecule has 2 aromatic heterocycles. The Balaban J connectivity index is 1.66. The summed E-state index contributed by atoms with van der Waals surface area (Å²) in [6.07, 6.45) is 4.63. The van der Waals surface area contributed by atoms with Crippen LogP contribution in [-0.2, 0) is 4.79 Å². The predicted molar refractivity (Wildman–Crippen MR) is 94.6 cm³/mol. The summed E-state index contributed by atoms with van der Waals surface area (Å²) in [5.41, 5.74) is 3.81. The van der Waals surface area contributed by atoms with E-state index in [0.29, 0.717) is 11.6 Å². The van der Waals surface area contributed by atoms with E-state index in [1.165, 1.54) is 11.3 Å². The van der Waals surface area contributed by atoms with Crippen LogP contribution in [0.25, 0.3) is 27.4 Å². The van der Waals surface area contributed by atoms with Crippen LogP contribution in [-0.4, -0.2) is 22.0 Å². The Hall–Kier alpha value is -2.60. The third kappa shape index (κ3) is 2.69. The zero-order chi connectivity index (χ0) is 16.7. The first-order chi connectivity index (χ1) is 11.7. The minimum Gasteiger partial charge on any atom is -0.302 e. The Morgan fingerprint density at radius 3 is 3.00 bits per heavy atom. The molecule has 0 aliphatic heterocycles. The number of carbonyl (C=O) groups is 1. The normalized spacial score (nSPS) is 19.2. The van der Waals surface area contributed by atoms with E-state index in [2.05, 4.69) is 21.9 Å². The Labute approximate surface area is 142 Å². The summed E-state index contributed by atoms with van der Waals surface area (Å²) >= 11 is 1.38. The van der Waals surface area contributed by atoms with Crippen molar-refractivity contribution < 1.29 is 9.18 Å². The highest BCUT2D eigenvalue weighted by Gasteiger charge is 2.43. The average molecular weight is 339 g/mol. The zero-order valence-electron chi connectivity index (χ0n) is 12.7. The van der Waals surface area contributed by atoms with Gasteiger partial charge < -0.3 is 5.32 Å². The van der Waals surface area contributed by atoms with Crippen LogP contribution >= 0.6 is 11.3 Å². The molecule has 1 aromatic carbocycles. The molecule has 120 valence electrons. The third-order valence-electron chi connectivity index (χ3n) is 4.05. The van der Waals surface area contributed by atoms with Crippen LogP contribution < -0.4 is 5.32 Å². The van der Waals surface area contributed by atoms with Crippen molar-refractivity contribution in [3.8, 4) is 11.1 Å². The number of carbonyl (C=O) groups excluding carboxylic acids is 1. The average Bonchev–Trinajstić information content (AvgIpc) is 3.20. The molecule has 24 heavy (non-hydrogen) atoms. The van der Waals surface area contributed by atoms with Crippen molar-refractivity contribution >= 4 is 38.7 Å². The number of pyridine rings is 1. The Bertz CT molecular complexity index is 952. The van der Waals surface area contributed by atoms with Gasteiger partial charge in [-0.3, -0.25) is 9.78 Å². The van der Waals surface area contributed by atoms with Crippen molar-refractivity contribution in [2.24, 2.45) is 5.92 Å². The summed E-state index contributed by atoms with van der Waals surface area (Å²) in [7, 11) is 0. The number of rotatable bonds is 4. The highest BCUT2D eigenvalue weighted by atomic mass is 32.1. The van der Waals surface area contributed by atoms with E-state index in [9.17, 15) is 9.18 Å². The SMILES string of the molecule is C=Cc1ccncc1-c1ccc2nc(NC(=O)C3CC3F)sc2c1. The fourth-order valence-electron chi connectivity index (χ4n) is 2.60. The number of hydrogen-bond donors (Lipinski definition) is 1. The van der Waals surface area contributed by atoms with Crippen molar-refractivity contribution in [1.82, 2.24) is 9.97 Å². The second kappa shape index (κ2) is 5.79. The van der Waals surface area contributed by atoms with Gasteiger partial charge in [-0.25, -0.2) is 9.37 Å². The molecule has 6 heteroatoms. The zero-order valence-corrected chi connectivity index (χ0v) is 13.5. The lowest BCUT2D eigenvalue weighted by Gasteiger charge is -2.05. The van der Waals surface area contributed by atoms with Gasteiger partial charge in [0.05, 0.1) is 16.1 Å². The summed E-state index contributed by atoms with van der Waals surface area (Å²) in [4.78, 5) is 20.4. The Kier molecular flexibility index (Phi) is 3.61. The van der Waals surface area contributed by atoms with Crippen LogP contribution in [0.5, 0.6) is 0 Å². The van der Waals surface area contributed by atoms with E-state index in [1.54, 1.807) is 18.5 Å². The van der Waals surface area contributed by atoms with Gasteiger partial charge in [-0.2, -0.15) is 0 Å². The van der Waals surface area contributed by atoms with Crippen LogP contribution in [0.3, 0.4) is 0 Å². The first-order valence-electron chi connectivity index (χ1n) is 7.58. The standard InChI is InChI=1S/C18H14FN3OS/c1-2-10-5-6-20-9-13(10)11-3-4-15-16(7-11)24-18(21-15)22-17(23)12-8-14(12)19/h2-7,9,12,14H,1,8H2,(H,21,22,23). The van der Waals surface area contributed by atoms with Crippen molar-refractivity contribution in [1.29, 1.82) is 0 Å². The summed E-state index contributed by atoms with van der Waals surface area (Å²) in [6.45, 7) is 3.83. The molecule has 1 saturated carbocycles. The number of hydrogen-bond acceptors (Lipinski definition) is 4. The lowest BCUT2D eigenvalue weighted by atomic mass is 10.0. The topological polar surface area (TPSA) is 54.9 Å². The van der Waals surface area contributed by atoms with E-state index in [-0.39, 0.29) is 5.91 Å². The Morgan fingerprint density at radius 1 is 1.42 bits per heavy atom. The van der Waals surface area contributed by atoms with Gasteiger partial charge in [-0.15, -0.1) is 0 Å². The lowest BCUT2D eigenvalue weighted by molar-refractivity contribution is -0.117.